The maximum atomic E-state index is 3.69. The lowest BCUT2D eigenvalue weighted by molar-refractivity contribution is 0.202. The second-order valence-corrected chi connectivity index (χ2v) is 5.30. The Hall–Kier alpha value is -0.860. The Morgan fingerprint density at radius 3 is 2.47 bits per heavy atom. The number of rotatable bonds is 3. The van der Waals surface area contributed by atoms with Gasteiger partial charge in [-0.05, 0) is 50.9 Å². The van der Waals surface area contributed by atoms with Crippen molar-refractivity contribution in [2.45, 2.75) is 37.8 Å². The lowest BCUT2D eigenvalue weighted by Gasteiger charge is -2.33. The number of hydrogen-bond acceptors (Lipinski definition) is 2. The predicted molar refractivity (Wildman–Crippen MR) is 71.0 cm³/mol. The van der Waals surface area contributed by atoms with Crippen LogP contribution >= 0.6 is 0 Å². The molecule has 2 aliphatic rings. The third-order valence-corrected chi connectivity index (χ3v) is 4.15. The van der Waals surface area contributed by atoms with Crippen LogP contribution in [0.5, 0.6) is 0 Å². The third kappa shape index (κ3) is 2.38. The number of hydrogen-bond donors (Lipinski definition) is 1. The molecule has 2 unspecified atom stereocenters. The zero-order valence-electron chi connectivity index (χ0n) is 10.4. The van der Waals surface area contributed by atoms with Gasteiger partial charge in [0, 0.05) is 6.04 Å². The summed E-state index contributed by atoms with van der Waals surface area (Å²) in [6.07, 6.45) is 5.41. The highest BCUT2D eigenvalue weighted by molar-refractivity contribution is 5.21. The zero-order valence-corrected chi connectivity index (χ0v) is 10.4. The lowest BCUT2D eigenvalue weighted by Crippen LogP contribution is -2.39. The third-order valence-electron chi connectivity index (χ3n) is 4.15. The SMILES string of the molecule is c1ccc(C(C2CCCN2)N2CCCC2)cc1. The lowest BCUT2D eigenvalue weighted by atomic mass is 9.96. The minimum absolute atomic E-state index is 0.598. The van der Waals surface area contributed by atoms with Crippen LogP contribution < -0.4 is 5.32 Å². The Kier molecular flexibility index (Phi) is 3.44. The fourth-order valence-corrected chi connectivity index (χ4v) is 3.35. The quantitative estimate of drug-likeness (QED) is 0.858. The van der Waals surface area contributed by atoms with Crippen molar-refractivity contribution in [3.63, 3.8) is 0 Å². The van der Waals surface area contributed by atoms with Gasteiger partial charge in [0.1, 0.15) is 0 Å². The van der Waals surface area contributed by atoms with Gasteiger partial charge in [0.25, 0.3) is 0 Å². The van der Waals surface area contributed by atoms with E-state index in [0.29, 0.717) is 12.1 Å². The Balaban J connectivity index is 1.84. The summed E-state index contributed by atoms with van der Waals surface area (Å²) in [6, 6.07) is 12.3. The van der Waals surface area contributed by atoms with E-state index in [1.54, 1.807) is 0 Å². The van der Waals surface area contributed by atoms with Crippen LogP contribution in [-0.4, -0.2) is 30.6 Å². The van der Waals surface area contributed by atoms with E-state index in [0.717, 1.165) is 0 Å². The molecule has 17 heavy (non-hydrogen) atoms. The first-order valence-electron chi connectivity index (χ1n) is 6.97. The van der Waals surface area contributed by atoms with Crippen molar-refractivity contribution in [1.29, 1.82) is 0 Å². The van der Waals surface area contributed by atoms with Crippen LogP contribution in [0.1, 0.15) is 37.3 Å². The van der Waals surface area contributed by atoms with Crippen LogP contribution in [0.3, 0.4) is 0 Å². The number of nitrogens with one attached hydrogen (secondary N) is 1. The topological polar surface area (TPSA) is 15.3 Å². The zero-order chi connectivity index (χ0) is 11.5. The number of likely N-dealkylation sites (tertiary alicyclic amines) is 1. The molecule has 0 radical (unpaired) electrons. The van der Waals surface area contributed by atoms with Crippen molar-refractivity contribution < 1.29 is 0 Å². The van der Waals surface area contributed by atoms with Gasteiger partial charge in [-0.2, -0.15) is 0 Å². The second kappa shape index (κ2) is 5.19. The summed E-state index contributed by atoms with van der Waals surface area (Å²) in [5.41, 5.74) is 1.49. The molecule has 92 valence electrons. The molecular formula is C15H22N2. The van der Waals surface area contributed by atoms with Gasteiger partial charge in [0.15, 0.2) is 0 Å². The minimum atomic E-state index is 0.598. The van der Waals surface area contributed by atoms with Gasteiger partial charge < -0.3 is 5.32 Å². The van der Waals surface area contributed by atoms with Crippen molar-refractivity contribution in [2.24, 2.45) is 0 Å². The normalized spacial score (nSPS) is 27.4. The molecule has 2 heteroatoms. The van der Waals surface area contributed by atoms with Crippen LogP contribution in [0.25, 0.3) is 0 Å². The van der Waals surface area contributed by atoms with Gasteiger partial charge in [0.05, 0.1) is 6.04 Å². The summed E-state index contributed by atoms with van der Waals surface area (Å²) in [4.78, 5) is 2.68. The van der Waals surface area contributed by atoms with Gasteiger partial charge in [-0.1, -0.05) is 30.3 Å². The minimum Gasteiger partial charge on any atom is -0.312 e. The highest BCUT2D eigenvalue weighted by Crippen LogP contribution is 2.31. The van der Waals surface area contributed by atoms with Crippen molar-refractivity contribution in [1.82, 2.24) is 10.2 Å². The van der Waals surface area contributed by atoms with E-state index in [9.17, 15) is 0 Å². The van der Waals surface area contributed by atoms with Crippen LogP contribution in [0, 0.1) is 0 Å². The van der Waals surface area contributed by atoms with Crippen molar-refractivity contribution >= 4 is 0 Å². The van der Waals surface area contributed by atoms with Crippen LogP contribution in [0.4, 0.5) is 0 Å². The Labute approximate surface area is 104 Å². The monoisotopic (exact) mass is 230 g/mol. The van der Waals surface area contributed by atoms with Gasteiger partial charge >= 0.3 is 0 Å². The summed E-state index contributed by atoms with van der Waals surface area (Å²) >= 11 is 0. The fraction of sp³-hybridized carbons (Fsp3) is 0.600. The Bertz CT molecular complexity index is 321. The van der Waals surface area contributed by atoms with E-state index >= 15 is 0 Å². The van der Waals surface area contributed by atoms with E-state index in [1.807, 2.05) is 0 Å². The molecule has 0 bridgehead atoms. The molecule has 0 spiro atoms. The van der Waals surface area contributed by atoms with E-state index in [2.05, 4.69) is 40.5 Å². The average Bonchev–Trinajstić information content (AvgIpc) is 3.04. The Morgan fingerprint density at radius 2 is 1.82 bits per heavy atom. The smallest absolute Gasteiger partial charge is 0.0501 e. The Morgan fingerprint density at radius 1 is 1.06 bits per heavy atom. The standard InChI is InChI=1S/C15H22N2/c1-2-7-13(8-3-1)15(14-9-6-10-16-14)17-11-4-5-12-17/h1-3,7-8,14-16H,4-6,9-12H2. The molecule has 0 saturated carbocycles. The predicted octanol–water partition coefficient (Wildman–Crippen LogP) is 2.58. The molecule has 0 aromatic heterocycles. The van der Waals surface area contributed by atoms with Crippen LogP contribution in [-0.2, 0) is 0 Å². The molecule has 1 N–H and O–H groups in total. The molecule has 2 atom stereocenters. The van der Waals surface area contributed by atoms with Crippen LogP contribution in [0.15, 0.2) is 30.3 Å². The van der Waals surface area contributed by atoms with Gasteiger partial charge in [0.2, 0.25) is 0 Å². The summed E-state index contributed by atoms with van der Waals surface area (Å²) in [6.45, 7) is 3.75. The molecule has 0 amide bonds. The largest absolute Gasteiger partial charge is 0.312 e. The highest BCUT2D eigenvalue weighted by atomic mass is 15.2. The summed E-state index contributed by atoms with van der Waals surface area (Å²) in [5, 5.41) is 3.69. The summed E-state index contributed by atoms with van der Waals surface area (Å²) in [7, 11) is 0. The molecule has 2 heterocycles. The first kappa shape index (κ1) is 11.2. The first-order valence-corrected chi connectivity index (χ1v) is 6.97. The second-order valence-electron chi connectivity index (χ2n) is 5.30. The van der Waals surface area contributed by atoms with Crippen molar-refractivity contribution in [3.05, 3.63) is 35.9 Å². The summed E-state index contributed by atoms with van der Waals surface area (Å²) < 4.78 is 0. The van der Waals surface area contributed by atoms with Crippen molar-refractivity contribution in [3.8, 4) is 0 Å². The van der Waals surface area contributed by atoms with Crippen molar-refractivity contribution in [2.75, 3.05) is 19.6 Å². The molecule has 1 aromatic carbocycles. The number of nitrogens with zero attached hydrogens (tertiary/aromatic N) is 1. The molecular weight excluding hydrogens is 208 g/mol. The van der Waals surface area contributed by atoms with E-state index in [-0.39, 0.29) is 0 Å². The van der Waals surface area contributed by atoms with E-state index in [1.165, 1.54) is 50.9 Å². The van der Waals surface area contributed by atoms with Crippen LogP contribution in [0.2, 0.25) is 0 Å². The van der Waals surface area contributed by atoms with Gasteiger partial charge in [-0.25, -0.2) is 0 Å². The fourth-order valence-electron chi connectivity index (χ4n) is 3.35. The molecule has 2 aliphatic heterocycles. The average molecular weight is 230 g/mol. The maximum absolute atomic E-state index is 3.69. The summed E-state index contributed by atoms with van der Waals surface area (Å²) in [5.74, 6) is 0. The van der Waals surface area contributed by atoms with Gasteiger partial charge in [-0.15, -0.1) is 0 Å². The molecule has 0 aliphatic carbocycles. The number of benzene rings is 1. The van der Waals surface area contributed by atoms with Gasteiger partial charge in [-0.3, -0.25) is 4.90 Å². The molecule has 2 nitrogen and oxygen atoms in total. The highest BCUT2D eigenvalue weighted by Gasteiger charge is 2.31. The van der Waals surface area contributed by atoms with E-state index in [4.69, 9.17) is 0 Å². The molecule has 2 saturated heterocycles. The first-order chi connectivity index (χ1) is 8.45. The molecule has 2 fully saturated rings. The molecule has 3 rings (SSSR count). The maximum Gasteiger partial charge on any atom is 0.0501 e. The molecule has 1 aromatic rings. The van der Waals surface area contributed by atoms with E-state index < -0.39 is 0 Å².